The molecule has 2 heteroatoms. The lowest BCUT2D eigenvalue weighted by Gasteiger charge is -2.10. The van der Waals surface area contributed by atoms with Gasteiger partial charge in [-0.15, -0.1) is 0 Å². The third-order valence-electron chi connectivity index (χ3n) is 2.10. The molecule has 0 amide bonds. The van der Waals surface area contributed by atoms with Gasteiger partial charge in [-0.1, -0.05) is 34.1 Å². The lowest BCUT2D eigenvalue weighted by atomic mass is 10.0. The highest BCUT2D eigenvalue weighted by Crippen LogP contribution is 2.16. The Morgan fingerprint density at radius 1 is 1.42 bits per heavy atom. The van der Waals surface area contributed by atoms with Gasteiger partial charge in [-0.3, -0.25) is 4.99 Å². The van der Waals surface area contributed by atoms with Crippen LogP contribution in [0.5, 0.6) is 0 Å². The van der Waals surface area contributed by atoms with Crippen molar-refractivity contribution in [3.8, 4) is 0 Å². The number of alkyl halides is 1. The molecule has 0 aliphatic carbocycles. The molecule has 1 heterocycles. The SMILES string of the molecule is BrCc1ccc2c(c1)CCN=C2. The van der Waals surface area contributed by atoms with Crippen LogP contribution in [0.1, 0.15) is 16.7 Å². The second-order valence-electron chi connectivity index (χ2n) is 2.95. The van der Waals surface area contributed by atoms with Crippen LogP contribution >= 0.6 is 15.9 Å². The minimum absolute atomic E-state index is 0.942. The highest BCUT2D eigenvalue weighted by molar-refractivity contribution is 9.08. The zero-order valence-corrected chi connectivity index (χ0v) is 8.34. The molecule has 0 fully saturated rings. The summed E-state index contributed by atoms with van der Waals surface area (Å²) in [7, 11) is 0. The fraction of sp³-hybridized carbons (Fsp3) is 0.300. The summed E-state index contributed by atoms with van der Waals surface area (Å²) in [6, 6.07) is 6.55. The predicted molar refractivity (Wildman–Crippen MR) is 55.2 cm³/mol. The monoisotopic (exact) mass is 223 g/mol. The first-order valence-electron chi connectivity index (χ1n) is 4.08. The lowest BCUT2D eigenvalue weighted by molar-refractivity contribution is 0.950. The smallest absolute Gasteiger partial charge is 0.0430 e. The van der Waals surface area contributed by atoms with Crippen LogP contribution in [0.4, 0.5) is 0 Å². The summed E-state index contributed by atoms with van der Waals surface area (Å²) in [4.78, 5) is 4.24. The first-order valence-corrected chi connectivity index (χ1v) is 5.20. The first kappa shape index (κ1) is 7.99. The Morgan fingerprint density at radius 2 is 2.33 bits per heavy atom. The number of hydrogen-bond donors (Lipinski definition) is 0. The van der Waals surface area contributed by atoms with Crippen molar-refractivity contribution in [2.24, 2.45) is 4.99 Å². The van der Waals surface area contributed by atoms with Crippen LogP contribution in [0.2, 0.25) is 0 Å². The molecule has 1 aliphatic rings. The Bertz CT molecular complexity index is 318. The molecular formula is C10H10BrN. The van der Waals surface area contributed by atoms with Gasteiger partial charge in [-0.2, -0.15) is 0 Å². The molecule has 0 unspecified atom stereocenters. The van der Waals surface area contributed by atoms with E-state index in [2.05, 4.69) is 39.1 Å². The number of benzene rings is 1. The zero-order valence-electron chi connectivity index (χ0n) is 6.76. The van der Waals surface area contributed by atoms with Crippen LogP contribution in [0.3, 0.4) is 0 Å². The van der Waals surface area contributed by atoms with Crippen molar-refractivity contribution in [3.05, 3.63) is 34.9 Å². The minimum atomic E-state index is 0.942. The number of fused-ring (bicyclic) bond motifs is 1. The van der Waals surface area contributed by atoms with Gasteiger partial charge < -0.3 is 0 Å². The second-order valence-corrected chi connectivity index (χ2v) is 3.51. The Balaban J connectivity index is 2.44. The standard InChI is InChI=1S/C10H10BrN/c11-6-8-1-2-10-7-12-4-3-9(10)5-8/h1-2,5,7H,3-4,6H2. The van der Waals surface area contributed by atoms with Gasteiger partial charge in [-0.05, 0) is 23.1 Å². The van der Waals surface area contributed by atoms with E-state index in [0.717, 1.165) is 18.3 Å². The van der Waals surface area contributed by atoms with Gasteiger partial charge in [0.1, 0.15) is 0 Å². The molecule has 1 nitrogen and oxygen atoms in total. The minimum Gasteiger partial charge on any atom is -0.292 e. The van der Waals surface area contributed by atoms with Crippen molar-refractivity contribution in [1.82, 2.24) is 0 Å². The van der Waals surface area contributed by atoms with Gasteiger partial charge in [0.2, 0.25) is 0 Å². The predicted octanol–water partition coefficient (Wildman–Crippen LogP) is 2.56. The van der Waals surface area contributed by atoms with Gasteiger partial charge in [0.15, 0.2) is 0 Å². The largest absolute Gasteiger partial charge is 0.292 e. The number of rotatable bonds is 1. The van der Waals surface area contributed by atoms with E-state index in [1.54, 1.807) is 0 Å². The maximum Gasteiger partial charge on any atom is 0.0430 e. The molecule has 0 atom stereocenters. The van der Waals surface area contributed by atoms with Crippen molar-refractivity contribution in [2.75, 3.05) is 6.54 Å². The zero-order chi connectivity index (χ0) is 8.39. The molecule has 62 valence electrons. The van der Waals surface area contributed by atoms with Crippen LogP contribution in [-0.2, 0) is 11.8 Å². The van der Waals surface area contributed by atoms with Gasteiger partial charge in [0.25, 0.3) is 0 Å². The summed E-state index contributed by atoms with van der Waals surface area (Å²) >= 11 is 3.45. The molecule has 1 aromatic rings. The highest BCUT2D eigenvalue weighted by Gasteiger charge is 2.04. The molecule has 0 saturated carbocycles. The van der Waals surface area contributed by atoms with E-state index in [1.165, 1.54) is 16.7 Å². The van der Waals surface area contributed by atoms with Gasteiger partial charge >= 0.3 is 0 Å². The van der Waals surface area contributed by atoms with E-state index < -0.39 is 0 Å². The van der Waals surface area contributed by atoms with E-state index in [-0.39, 0.29) is 0 Å². The quantitative estimate of drug-likeness (QED) is 0.650. The molecule has 2 rings (SSSR count). The Morgan fingerprint density at radius 3 is 3.17 bits per heavy atom. The maximum atomic E-state index is 4.24. The fourth-order valence-electron chi connectivity index (χ4n) is 1.43. The summed E-state index contributed by atoms with van der Waals surface area (Å²) in [5.41, 5.74) is 4.07. The van der Waals surface area contributed by atoms with Crippen LogP contribution in [0.15, 0.2) is 23.2 Å². The van der Waals surface area contributed by atoms with E-state index in [0.29, 0.717) is 0 Å². The molecule has 1 aromatic carbocycles. The summed E-state index contributed by atoms with van der Waals surface area (Å²) in [6.45, 7) is 0.943. The molecule has 0 saturated heterocycles. The highest BCUT2D eigenvalue weighted by atomic mass is 79.9. The number of hydrogen-bond acceptors (Lipinski definition) is 1. The van der Waals surface area contributed by atoms with E-state index in [4.69, 9.17) is 0 Å². The topological polar surface area (TPSA) is 12.4 Å². The average molecular weight is 224 g/mol. The van der Waals surface area contributed by atoms with E-state index in [1.807, 2.05) is 6.21 Å². The van der Waals surface area contributed by atoms with E-state index in [9.17, 15) is 0 Å². The van der Waals surface area contributed by atoms with Crippen molar-refractivity contribution in [3.63, 3.8) is 0 Å². The van der Waals surface area contributed by atoms with Crippen molar-refractivity contribution >= 4 is 22.1 Å². The van der Waals surface area contributed by atoms with Crippen LogP contribution in [0, 0.1) is 0 Å². The van der Waals surface area contributed by atoms with Crippen LogP contribution in [0.25, 0.3) is 0 Å². The summed E-state index contributed by atoms with van der Waals surface area (Å²) in [5, 5.41) is 0.942. The molecule has 12 heavy (non-hydrogen) atoms. The summed E-state index contributed by atoms with van der Waals surface area (Å²) in [6.07, 6.45) is 3.06. The van der Waals surface area contributed by atoms with Crippen molar-refractivity contribution in [1.29, 1.82) is 0 Å². The number of halogens is 1. The summed E-state index contributed by atoms with van der Waals surface area (Å²) < 4.78 is 0. The Hall–Kier alpha value is -0.630. The maximum absolute atomic E-state index is 4.24. The number of aliphatic imine (C=N–C) groups is 1. The number of nitrogens with zero attached hydrogens (tertiary/aromatic N) is 1. The molecular weight excluding hydrogens is 214 g/mol. The Labute approximate surface area is 80.6 Å². The van der Waals surface area contributed by atoms with Crippen LogP contribution < -0.4 is 0 Å². The molecule has 0 radical (unpaired) electrons. The average Bonchev–Trinajstić information content (AvgIpc) is 2.17. The van der Waals surface area contributed by atoms with E-state index >= 15 is 0 Å². The van der Waals surface area contributed by atoms with Gasteiger partial charge in [0, 0.05) is 18.1 Å². The normalized spacial score (nSPS) is 14.4. The molecule has 1 aliphatic heterocycles. The summed E-state index contributed by atoms with van der Waals surface area (Å²) in [5.74, 6) is 0. The first-order chi connectivity index (χ1) is 5.90. The molecule has 0 aromatic heterocycles. The Kier molecular flexibility index (Phi) is 2.26. The second kappa shape index (κ2) is 3.40. The van der Waals surface area contributed by atoms with Crippen molar-refractivity contribution < 1.29 is 0 Å². The molecule has 0 N–H and O–H groups in total. The van der Waals surface area contributed by atoms with Gasteiger partial charge in [-0.25, -0.2) is 0 Å². The molecule has 0 spiro atoms. The van der Waals surface area contributed by atoms with Crippen molar-refractivity contribution in [2.45, 2.75) is 11.8 Å². The third-order valence-corrected chi connectivity index (χ3v) is 2.75. The van der Waals surface area contributed by atoms with Crippen LogP contribution in [-0.4, -0.2) is 12.8 Å². The lowest BCUT2D eigenvalue weighted by Crippen LogP contribution is -2.02. The van der Waals surface area contributed by atoms with Gasteiger partial charge in [0.05, 0.1) is 0 Å². The third kappa shape index (κ3) is 1.44. The fourth-order valence-corrected chi connectivity index (χ4v) is 1.78. The molecule has 0 bridgehead atoms.